The molecule has 0 aliphatic carbocycles. The van der Waals surface area contributed by atoms with E-state index in [-0.39, 0.29) is 26.4 Å². The lowest BCUT2D eigenvalue weighted by atomic mass is 10.2. The lowest BCUT2D eigenvalue weighted by Gasteiger charge is -2.12. The number of carbonyl (C=O) groups is 2. The molecule has 8 heteroatoms. The van der Waals surface area contributed by atoms with E-state index < -0.39 is 24.1 Å². The average molecular weight is 388 g/mol. The highest BCUT2D eigenvalue weighted by atomic mass is 16.5. The predicted octanol–water partition coefficient (Wildman–Crippen LogP) is 1.15. The molecule has 156 valence electrons. The Labute approximate surface area is 160 Å². The van der Waals surface area contributed by atoms with Gasteiger partial charge in [-0.05, 0) is 12.8 Å². The molecule has 0 saturated carbocycles. The minimum absolute atomic E-state index is 0.106. The van der Waals surface area contributed by atoms with Gasteiger partial charge in [-0.2, -0.15) is 0 Å². The zero-order valence-electron chi connectivity index (χ0n) is 15.8. The Morgan fingerprint density at radius 2 is 1.26 bits per heavy atom. The molecule has 0 rings (SSSR count). The Balaban J connectivity index is 3.33. The number of hydrogen-bond donors (Lipinski definition) is 2. The number of esters is 2. The normalized spacial score (nSPS) is 12.8. The number of aliphatic hydroxyl groups is 2. The largest absolute Gasteiger partial charge is 0.462 e. The molecule has 2 unspecified atom stereocenters. The topological polar surface area (TPSA) is 112 Å². The molecule has 0 radical (unpaired) electrons. The highest BCUT2D eigenvalue weighted by molar-refractivity contribution is 5.81. The molecule has 0 aromatic heterocycles. The van der Waals surface area contributed by atoms with Gasteiger partial charge in [0.1, 0.15) is 12.7 Å². The van der Waals surface area contributed by atoms with Crippen molar-refractivity contribution in [3.8, 4) is 0 Å². The standard InChI is InChI=1S/C19H32O8/c1-3-18(22)26-12-9-16(20)13-24-10-7-5-6-8-11-25-14-17(21)15-27-19(23)4-2/h3-4,16-17,20-21H,1-2,5-15H2. The molecular formula is C19H32O8. The maximum atomic E-state index is 10.8. The first-order chi connectivity index (χ1) is 13.0. The highest BCUT2D eigenvalue weighted by Crippen LogP contribution is 2.02. The Bertz CT molecular complexity index is 424. The van der Waals surface area contributed by atoms with E-state index in [1.165, 1.54) is 0 Å². The molecule has 0 spiro atoms. The van der Waals surface area contributed by atoms with Crippen LogP contribution in [-0.4, -0.2) is 74.0 Å². The SMILES string of the molecule is C=CC(=O)OCCC(O)COCCCCCCOCC(O)COC(=O)C=C. The smallest absolute Gasteiger partial charge is 0.330 e. The molecule has 2 N–H and O–H groups in total. The number of carbonyl (C=O) groups excluding carboxylic acids is 2. The van der Waals surface area contributed by atoms with Gasteiger partial charge in [-0.15, -0.1) is 0 Å². The van der Waals surface area contributed by atoms with E-state index in [4.69, 9.17) is 18.9 Å². The summed E-state index contributed by atoms with van der Waals surface area (Å²) in [6.45, 7) is 7.99. The van der Waals surface area contributed by atoms with Crippen molar-refractivity contribution < 1.29 is 38.7 Å². The summed E-state index contributed by atoms with van der Waals surface area (Å²) < 4.78 is 20.1. The van der Waals surface area contributed by atoms with Crippen molar-refractivity contribution in [1.82, 2.24) is 0 Å². The lowest BCUT2D eigenvalue weighted by Crippen LogP contribution is -2.23. The number of rotatable bonds is 18. The molecule has 2 atom stereocenters. The second-order valence-corrected chi connectivity index (χ2v) is 5.87. The molecule has 0 fully saturated rings. The van der Waals surface area contributed by atoms with Crippen LogP contribution in [0.2, 0.25) is 0 Å². The fourth-order valence-electron chi connectivity index (χ4n) is 1.92. The zero-order valence-corrected chi connectivity index (χ0v) is 15.8. The molecule has 0 amide bonds. The van der Waals surface area contributed by atoms with Crippen LogP contribution in [0.25, 0.3) is 0 Å². The Morgan fingerprint density at radius 1 is 0.741 bits per heavy atom. The van der Waals surface area contributed by atoms with Crippen molar-refractivity contribution in [1.29, 1.82) is 0 Å². The summed E-state index contributed by atoms with van der Waals surface area (Å²) in [5.41, 5.74) is 0. The molecule has 0 aromatic carbocycles. The highest BCUT2D eigenvalue weighted by Gasteiger charge is 2.07. The van der Waals surface area contributed by atoms with Crippen molar-refractivity contribution in [2.24, 2.45) is 0 Å². The number of unbranched alkanes of at least 4 members (excludes halogenated alkanes) is 3. The summed E-state index contributed by atoms with van der Waals surface area (Å²) in [6.07, 6.45) is 4.61. The second-order valence-electron chi connectivity index (χ2n) is 5.87. The molecule has 27 heavy (non-hydrogen) atoms. The zero-order chi connectivity index (χ0) is 20.3. The van der Waals surface area contributed by atoms with Crippen molar-refractivity contribution in [3.05, 3.63) is 25.3 Å². The Kier molecular flexibility index (Phi) is 16.5. The molecule has 0 saturated heterocycles. The fourth-order valence-corrected chi connectivity index (χ4v) is 1.92. The van der Waals surface area contributed by atoms with E-state index in [1.54, 1.807) is 0 Å². The molecule has 0 heterocycles. The summed E-state index contributed by atoms with van der Waals surface area (Å²) in [6, 6.07) is 0. The van der Waals surface area contributed by atoms with Gasteiger partial charge in [-0.25, -0.2) is 9.59 Å². The van der Waals surface area contributed by atoms with E-state index in [9.17, 15) is 19.8 Å². The van der Waals surface area contributed by atoms with Crippen LogP contribution in [0, 0.1) is 0 Å². The fraction of sp³-hybridized carbons (Fsp3) is 0.684. The average Bonchev–Trinajstić information content (AvgIpc) is 2.67. The molecule has 0 aliphatic heterocycles. The van der Waals surface area contributed by atoms with Crippen LogP contribution in [0.5, 0.6) is 0 Å². The minimum Gasteiger partial charge on any atom is -0.462 e. The maximum Gasteiger partial charge on any atom is 0.330 e. The van der Waals surface area contributed by atoms with E-state index in [0.717, 1.165) is 37.8 Å². The Morgan fingerprint density at radius 3 is 1.81 bits per heavy atom. The summed E-state index contributed by atoms with van der Waals surface area (Å²) in [7, 11) is 0. The van der Waals surface area contributed by atoms with Crippen LogP contribution in [0.3, 0.4) is 0 Å². The van der Waals surface area contributed by atoms with Crippen LogP contribution in [-0.2, 0) is 28.5 Å². The van der Waals surface area contributed by atoms with E-state index >= 15 is 0 Å². The van der Waals surface area contributed by atoms with Gasteiger partial charge < -0.3 is 29.2 Å². The third-order valence-corrected chi connectivity index (χ3v) is 3.39. The Hall–Kier alpha value is -1.74. The molecule has 8 nitrogen and oxygen atoms in total. The quantitative estimate of drug-likeness (QED) is 0.204. The van der Waals surface area contributed by atoms with Crippen LogP contribution >= 0.6 is 0 Å². The van der Waals surface area contributed by atoms with Crippen LogP contribution < -0.4 is 0 Å². The van der Waals surface area contributed by atoms with Crippen molar-refractivity contribution in [2.45, 2.75) is 44.3 Å². The first-order valence-corrected chi connectivity index (χ1v) is 9.09. The minimum atomic E-state index is -0.839. The van der Waals surface area contributed by atoms with E-state index in [1.807, 2.05) is 0 Å². The van der Waals surface area contributed by atoms with E-state index in [2.05, 4.69) is 13.2 Å². The summed E-state index contributed by atoms with van der Waals surface area (Å²) >= 11 is 0. The summed E-state index contributed by atoms with van der Waals surface area (Å²) in [5, 5.41) is 19.2. The molecule has 0 aliphatic rings. The third-order valence-electron chi connectivity index (χ3n) is 3.39. The summed E-state index contributed by atoms with van der Waals surface area (Å²) in [5.74, 6) is -1.07. The van der Waals surface area contributed by atoms with Gasteiger partial charge in [0, 0.05) is 31.8 Å². The second kappa shape index (κ2) is 17.7. The monoisotopic (exact) mass is 388 g/mol. The van der Waals surface area contributed by atoms with E-state index in [0.29, 0.717) is 19.6 Å². The van der Waals surface area contributed by atoms with Gasteiger partial charge in [0.2, 0.25) is 0 Å². The lowest BCUT2D eigenvalue weighted by molar-refractivity contribution is -0.142. The molecule has 0 bridgehead atoms. The van der Waals surface area contributed by atoms with Crippen LogP contribution in [0.4, 0.5) is 0 Å². The van der Waals surface area contributed by atoms with Gasteiger partial charge in [0.25, 0.3) is 0 Å². The van der Waals surface area contributed by atoms with Crippen LogP contribution in [0.15, 0.2) is 25.3 Å². The van der Waals surface area contributed by atoms with Crippen molar-refractivity contribution in [3.63, 3.8) is 0 Å². The number of ether oxygens (including phenoxy) is 4. The first kappa shape index (κ1) is 25.3. The van der Waals surface area contributed by atoms with Crippen molar-refractivity contribution in [2.75, 3.05) is 39.6 Å². The predicted molar refractivity (Wildman–Crippen MR) is 99.0 cm³/mol. The van der Waals surface area contributed by atoms with Crippen molar-refractivity contribution >= 4 is 11.9 Å². The van der Waals surface area contributed by atoms with Gasteiger partial charge in [-0.3, -0.25) is 0 Å². The first-order valence-electron chi connectivity index (χ1n) is 9.09. The van der Waals surface area contributed by atoms with Gasteiger partial charge in [0.05, 0.1) is 25.9 Å². The molecule has 0 aromatic rings. The number of hydrogen-bond acceptors (Lipinski definition) is 8. The van der Waals surface area contributed by atoms with Gasteiger partial charge in [-0.1, -0.05) is 26.0 Å². The maximum absolute atomic E-state index is 10.8. The third kappa shape index (κ3) is 17.4. The number of aliphatic hydroxyl groups excluding tert-OH is 2. The summed E-state index contributed by atoms with van der Waals surface area (Å²) in [4.78, 5) is 21.6. The van der Waals surface area contributed by atoms with Gasteiger partial charge in [0.15, 0.2) is 0 Å². The van der Waals surface area contributed by atoms with Gasteiger partial charge >= 0.3 is 11.9 Å². The molecular weight excluding hydrogens is 356 g/mol. The van der Waals surface area contributed by atoms with Crippen LogP contribution in [0.1, 0.15) is 32.1 Å².